The maximum absolute atomic E-state index is 10.6. The fourth-order valence-corrected chi connectivity index (χ4v) is 8.68. The van der Waals surface area contributed by atoms with E-state index in [1.807, 2.05) is 0 Å². The first kappa shape index (κ1) is 30.2. The molecule has 3 rings (SSSR count). The molecule has 3 aliphatic rings. The van der Waals surface area contributed by atoms with E-state index in [0.29, 0.717) is 29.4 Å². The van der Waals surface area contributed by atoms with E-state index in [9.17, 15) is 15.3 Å². The van der Waals surface area contributed by atoms with Crippen molar-refractivity contribution in [2.75, 3.05) is 19.0 Å². The van der Waals surface area contributed by atoms with Gasteiger partial charge in [0, 0.05) is 5.25 Å². The Kier molecular flexibility index (Phi) is 11.4. The summed E-state index contributed by atoms with van der Waals surface area (Å²) >= 11 is 2.11. The van der Waals surface area contributed by atoms with E-state index in [4.69, 9.17) is 9.84 Å². The molecule has 3 fully saturated rings. The molecule has 5 nitrogen and oxygen atoms in total. The minimum Gasteiger partial charge on any atom is -0.394 e. The van der Waals surface area contributed by atoms with Crippen molar-refractivity contribution in [2.45, 2.75) is 127 Å². The first-order valence-electron chi connectivity index (χ1n) is 14.5. The van der Waals surface area contributed by atoms with Crippen LogP contribution in [0.15, 0.2) is 23.3 Å². The van der Waals surface area contributed by atoms with Crippen LogP contribution in [0.25, 0.3) is 0 Å². The predicted molar refractivity (Wildman–Crippen MR) is 149 cm³/mol. The standard InChI is InChI=1S/C30H52O5S/c1-5-30(34,6-2)15-8-18-36-21(3)24-12-13-25-23(9-7-14-29(24,25)4)11-10-22-19-26(32)28(27(33)20-22)35-17-16-31/h10-11,21,24-28,31-34H,5-9,12-20H2,1-4H3/b22-10?,23-11+/t21-,24+,25-,26+,27?,28?,29+/m0/s1. The van der Waals surface area contributed by atoms with Gasteiger partial charge in [0.15, 0.2) is 0 Å². The van der Waals surface area contributed by atoms with Crippen LogP contribution in [0.5, 0.6) is 0 Å². The highest BCUT2D eigenvalue weighted by Crippen LogP contribution is 2.59. The van der Waals surface area contributed by atoms with Gasteiger partial charge in [0.2, 0.25) is 0 Å². The Morgan fingerprint density at radius 1 is 1.14 bits per heavy atom. The SMILES string of the molecule is CCC(O)(CC)CCCS[C@@H](C)[C@H]1CC[C@H]2/C(=C/C=C3CC(O)C(OCCO)[C@H](O)C3)CCC[C@]12C. The third kappa shape index (κ3) is 7.18. The van der Waals surface area contributed by atoms with Gasteiger partial charge in [-0.1, -0.05) is 51.0 Å². The molecule has 3 aliphatic carbocycles. The highest BCUT2D eigenvalue weighted by molar-refractivity contribution is 7.99. The van der Waals surface area contributed by atoms with E-state index < -0.39 is 23.9 Å². The normalized spacial score (nSPS) is 36.4. The maximum atomic E-state index is 10.6. The first-order valence-corrected chi connectivity index (χ1v) is 15.5. The van der Waals surface area contributed by atoms with Crippen LogP contribution in [0.3, 0.4) is 0 Å². The van der Waals surface area contributed by atoms with Crippen molar-refractivity contribution in [1.82, 2.24) is 0 Å². The lowest BCUT2D eigenvalue weighted by molar-refractivity contribution is -0.115. The monoisotopic (exact) mass is 524 g/mol. The Morgan fingerprint density at radius 3 is 2.47 bits per heavy atom. The van der Waals surface area contributed by atoms with Crippen molar-refractivity contribution in [3.8, 4) is 0 Å². The number of allylic oxidation sites excluding steroid dienone is 3. The van der Waals surface area contributed by atoms with E-state index in [2.05, 4.69) is 51.6 Å². The Balaban J connectivity index is 1.58. The van der Waals surface area contributed by atoms with Gasteiger partial charge in [0.1, 0.15) is 6.10 Å². The lowest BCUT2D eigenvalue weighted by Gasteiger charge is -2.44. The molecular formula is C30H52O5S. The molecular weight excluding hydrogens is 472 g/mol. The summed E-state index contributed by atoms with van der Waals surface area (Å²) in [6.45, 7) is 9.16. The molecule has 0 saturated heterocycles. The van der Waals surface area contributed by atoms with Crippen LogP contribution in [-0.2, 0) is 4.74 Å². The third-order valence-corrected chi connectivity index (χ3v) is 11.1. The van der Waals surface area contributed by atoms with Crippen molar-refractivity contribution >= 4 is 11.8 Å². The summed E-state index contributed by atoms with van der Waals surface area (Å²) in [4.78, 5) is 0. The highest BCUT2D eigenvalue weighted by Gasteiger charge is 2.50. The molecule has 208 valence electrons. The molecule has 2 unspecified atom stereocenters. The van der Waals surface area contributed by atoms with Gasteiger partial charge in [-0.3, -0.25) is 0 Å². The van der Waals surface area contributed by atoms with Crippen LogP contribution in [0.1, 0.15) is 98.3 Å². The van der Waals surface area contributed by atoms with Gasteiger partial charge < -0.3 is 25.2 Å². The number of hydrogen-bond donors (Lipinski definition) is 4. The van der Waals surface area contributed by atoms with Gasteiger partial charge in [0.25, 0.3) is 0 Å². The van der Waals surface area contributed by atoms with Crippen LogP contribution in [0, 0.1) is 17.3 Å². The zero-order valence-corrected chi connectivity index (χ0v) is 23.9. The van der Waals surface area contributed by atoms with Crippen LogP contribution in [0.2, 0.25) is 0 Å². The van der Waals surface area contributed by atoms with Crippen molar-refractivity contribution < 1.29 is 25.2 Å². The maximum Gasteiger partial charge on any atom is 0.110 e. The predicted octanol–water partition coefficient (Wildman–Crippen LogP) is 5.40. The Morgan fingerprint density at radius 2 is 1.83 bits per heavy atom. The molecule has 0 heterocycles. The number of ether oxygens (including phenoxy) is 1. The van der Waals surface area contributed by atoms with Gasteiger partial charge in [-0.2, -0.15) is 11.8 Å². The zero-order chi connectivity index (χ0) is 26.3. The molecule has 0 aromatic heterocycles. The van der Waals surface area contributed by atoms with Gasteiger partial charge in [-0.25, -0.2) is 0 Å². The molecule has 36 heavy (non-hydrogen) atoms. The second-order valence-corrected chi connectivity index (χ2v) is 13.4. The fourth-order valence-electron chi connectivity index (χ4n) is 7.32. The first-order chi connectivity index (χ1) is 17.2. The summed E-state index contributed by atoms with van der Waals surface area (Å²) in [6, 6.07) is 0. The summed E-state index contributed by atoms with van der Waals surface area (Å²) in [6.07, 6.45) is 13.3. The lowest BCUT2D eigenvalue weighted by Crippen LogP contribution is -2.44. The Bertz CT molecular complexity index is 734. The summed E-state index contributed by atoms with van der Waals surface area (Å²) in [5.74, 6) is 2.48. The van der Waals surface area contributed by atoms with Gasteiger partial charge in [0.05, 0.1) is 31.0 Å². The van der Waals surface area contributed by atoms with E-state index in [1.54, 1.807) is 5.57 Å². The molecule has 4 N–H and O–H groups in total. The van der Waals surface area contributed by atoms with E-state index in [0.717, 1.165) is 49.3 Å². The van der Waals surface area contributed by atoms with Crippen molar-refractivity contribution in [3.05, 3.63) is 23.3 Å². The zero-order valence-electron chi connectivity index (χ0n) is 23.1. The van der Waals surface area contributed by atoms with Crippen LogP contribution in [0.4, 0.5) is 0 Å². The average molecular weight is 525 g/mol. The number of aliphatic hydroxyl groups excluding tert-OH is 3. The molecule has 7 atom stereocenters. The summed E-state index contributed by atoms with van der Waals surface area (Å²) < 4.78 is 5.46. The number of aliphatic hydroxyl groups is 4. The topological polar surface area (TPSA) is 90.2 Å². The summed E-state index contributed by atoms with van der Waals surface area (Å²) in [5, 5.41) is 41.2. The number of hydrogen-bond acceptors (Lipinski definition) is 6. The molecule has 0 aromatic carbocycles. The Hall–Kier alpha value is -0.370. The van der Waals surface area contributed by atoms with E-state index in [1.165, 1.54) is 25.7 Å². The van der Waals surface area contributed by atoms with E-state index in [-0.39, 0.29) is 13.2 Å². The second kappa shape index (κ2) is 13.6. The number of thioether (sulfide) groups is 1. The summed E-state index contributed by atoms with van der Waals surface area (Å²) in [5.41, 5.74) is 2.49. The number of rotatable bonds is 12. The number of fused-ring (bicyclic) bond motifs is 1. The molecule has 0 amide bonds. The molecule has 0 spiro atoms. The molecule has 6 heteroatoms. The lowest BCUT2D eigenvalue weighted by atomic mass is 9.63. The summed E-state index contributed by atoms with van der Waals surface area (Å²) in [7, 11) is 0. The van der Waals surface area contributed by atoms with Crippen LogP contribution < -0.4 is 0 Å². The largest absolute Gasteiger partial charge is 0.394 e. The van der Waals surface area contributed by atoms with Gasteiger partial charge >= 0.3 is 0 Å². The fraction of sp³-hybridized carbons (Fsp3) is 0.867. The molecule has 0 radical (unpaired) electrons. The smallest absolute Gasteiger partial charge is 0.110 e. The van der Waals surface area contributed by atoms with Crippen LogP contribution in [-0.4, -0.2) is 68.6 Å². The molecule has 0 bridgehead atoms. The third-order valence-electron chi connectivity index (χ3n) is 9.72. The van der Waals surface area contributed by atoms with Crippen molar-refractivity contribution in [2.24, 2.45) is 17.3 Å². The van der Waals surface area contributed by atoms with Gasteiger partial charge in [-0.15, -0.1) is 0 Å². The van der Waals surface area contributed by atoms with E-state index >= 15 is 0 Å². The molecule has 0 aromatic rings. The minimum absolute atomic E-state index is 0.107. The minimum atomic E-state index is -0.735. The van der Waals surface area contributed by atoms with Crippen molar-refractivity contribution in [1.29, 1.82) is 0 Å². The second-order valence-electron chi connectivity index (χ2n) is 11.9. The van der Waals surface area contributed by atoms with Crippen molar-refractivity contribution in [3.63, 3.8) is 0 Å². The molecule has 3 saturated carbocycles. The molecule has 0 aliphatic heterocycles. The van der Waals surface area contributed by atoms with Crippen LogP contribution >= 0.6 is 11.8 Å². The Labute approximate surface area is 223 Å². The van der Waals surface area contributed by atoms with Gasteiger partial charge in [-0.05, 0) is 93.6 Å². The average Bonchev–Trinajstić information content (AvgIpc) is 3.22. The quantitative estimate of drug-likeness (QED) is 0.256. The highest BCUT2D eigenvalue weighted by atomic mass is 32.2.